The van der Waals surface area contributed by atoms with E-state index in [4.69, 9.17) is 4.55 Å². The van der Waals surface area contributed by atoms with Crippen LogP contribution >= 0.6 is 0 Å². The van der Waals surface area contributed by atoms with Gasteiger partial charge in [0.1, 0.15) is 0 Å². The monoisotopic (exact) mass is 425 g/mol. The first-order valence-corrected chi connectivity index (χ1v) is 13.2. The van der Waals surface area contributed by atoms with Gasteiger partial charge in [-0.1, -0.05) is 103 Å². The largest absolute Gasteiger partial charge is 0.298 e. The Bertz CT molecular complexity index is 643. The van der Waals surface area contributed by atoms with E-state index in [9.17, 15) is 8.42 Å². The second-order valence-electron chi connectivity index (χ2n) is 8.60. The summed E-state index contributed by atoms with van der Waals surface area (Å²) < 4.78 is 31.6. The third-order valence-electron chi connectivity index (χ3n) is 5.56. The van der Waals surface area contributed by atoms with Crippen molar-refractivity contribution < 1.29 is 13.0 Å². The van der Waals surface area contributed by atoms with Crippen molar-refractivity contribution in [2.24, 2.45) is 0 Å². The van der Waals surface area contributed by atoms with E-state index in [1.54, 1.807) is 0 Å². The molecule has 0 amide bonds. The Morgan fingerprint density at radius 1 is 0.862 bits per heavy atom. The molecule has 1 N–H and O–H groups in total. The minimum atomic E-state index is -3.93. The maximum Gasteiger partial charge on any atom is 0.266 e. The molecule has 0 unspecified atom stereocenters. The van der Waals surface area contributed by atoms with Gasteiger partial charge in [-0.2, -0.15) is 8.42 Å². The second kappa shape index (κ2) is 15.0. The third-order valence-corrected chi connectivity index (χ3v) is 6.26. The van der Waals surface area contributed by atoms with Gasteiger partial charge in [-0.05, 0) is 30.0 Å². The highest BCUT2D eigenvalue weighted by molar-refractivity contribution is 7.85. The summed E-state index contributed by atoms with van der Waals surface area (Å²) in [6, 6.07) is 8.39. The van der Waals surface area contributed by atoms with Crippen molar-refractivity contribution in [2.75, 3.05) is 18.8 Å². The molecule has 0 aliphatic rings. The Balaban J connectivity index is 2.42. The average Bonchev–Trinajstić information content (AvgIpc) is 2.67. The van der Waals surface area contributed by atoms with Crippen molar-refractivity contribution in [1.29, 1.82) is 0 Å². The molecule has 0 fully saturated rings. The van der Waals surface area contributed by atoms with Gasteiger partial charge in [0.15, 0.2) is 0 Å². The lowest BCUT2D eigenvalue weighted by atomic mass is 9.97. The van der Waals surface area contributed by atoms with Gasteiger partial charge in [-0.25, -0.2) is 0 Å². The summed E-state index contributed by atoms with van der Waals surface area (Å²) >= 11 is 0. The quantitative estimate of drug-likeness (QED) is 0.231. The van der Waals surface area contributed by atoms with E-state index in [2.05, 4.69) is 43.9 Å². The van der Waals surface area contributed by atoms with Crippen LogP contribution in [-0.2, 0) is 16.7 Å². The first-order chi connectivity index (χ1) is 13.8. The Hall–Kier alpha value is -0.910. The fourth-order valence-electron chi connectivity index (χ4n) is 3.82. The van der Waals surface area contributed by atoms with E-state index < -0.39 is 10.1 Å². The van der Waals surface area contributed by atoms with Gasteiger partial charge < -0.3 is 0 Å². The lowest BCUT2D eigenvalue weighted by Gasteiger charge is -2.24. The number of hydrogen-bond donors (Lipinski definition) is 1. The van der Waals surface area contributed by atoms with Gasteiger partial charge in [-0.15, -0.1) is 0 Å². The maximum absolute atomic E-state index is 11.2. The fraction of sp³-hybridized carbons (Fsp3) is 0.750. The molecule has 1 aromatic carbocycles. The normalized spacial score (nSPS) is 12.2. The molecular formula is C24H43NO3S. The summed E-state index contributed by atoms with van der Waals surface area (Å²) in [7, 11) is -3.93. The minimum Gasteiger partial charge on any atom is -0.298 e. The lowest BCUT2D eigenvalue weighted by Crippen LogP contribution is -2.30. The van der Waals surface area contributed by atoms with Crippen LogP contribution in [0.1, 0.15) is 102 Å². The van der Waals surface area contributed by atoms with Crippen LogP contribution in [-0.4, -0.2) is 36.7 Å². The summed E-state index contributed by atoms with van der Waals surface area (Å²) in [5, 5.41) is 0. The van der Waals surface area contributed by atoms with E-state index in [0.29, 0.717) is 12.5 Å². The highest BCUT2D eigenvalue weighted by Gasteiger charge is 2.14. The van der Waals surface area contributed by atoms with E-state index in [1.807, 2.05) is 6.07 Å². The predicted molar refractivity (Wildman–Crippen MR) is 124 cm³/mol. The van der Waals surface area contributed by atoms with E-state index in [1.165, 1.54) is 68.9 Å². The summed E-state index contributed by atoms with van der Waals surface area (Å²) in [5.74, 6) is 0.237. The molecule has 0 heterocycles. The third kappa shape index (κ3) is 13.1. The number of nitrogens with zero attached hydrogens (tertiary/aromatic N) is 1. The van der Waals surface area contributed by atoms with Crippen LogP contribution < -0.4 is 0 Å². The molecule has 0 spiro atoms. The van der Waals surface area contributed by atoms with Crippen LogP contribution in [0.5, 0.6) is 0 Å². The van der Waals surface area contributed by atoms with Gasteiger partial charge in [0.2, 0.25) is 0 Å². The molecule has 29 heavy (non-hydrogen) atoms. The molecular weight excluding hydrogens is 382 g/mol. The van der Waals surface area contributed by atoms with Crippen molar-refractivity contribution in [3.63, 3.8) is 0 Å². The molecule has 0 aliphatic carbocycles. The maximum atomic E-state index is 11.2. The zero-order valence-corrected chi connectivity index (χ0v) is 19.7. The van der Waals surface area contributed by atoms with Crippen LogP contribution in [0.4, 0.5) is 0 Å². The Labute approximate surface area is 179 Å². The first-order valence-electron chi connectivity index (χ1n) is 11.6. The molecule has 168 valence electrons. The molecule has 0 bridgehead atoms. The van der Waals surface area contributed by atoms with Crippen molar-refractivity contribution in [2.45, 2.75) is 97.4 Å². The first kappa shape index (κ1) is 26.1. The standard InChI is InChI=1S/C24H43NO3S/c1-4-5-6-7-8-9-10-11-12-15-18-25(19-20-29(26,27)28)21-23-16-13-14-17-24(23)22(2)3/h13-14,16-17,22H,4-12,15,18-21H2,1-3H3,(H,26,27,28). The zero-order chi connectivity index (χ0) is 21.5. The second-order valence-corrected chi connectivity index (χ2v) is 10.2. The molecule has 0 saturated heterocycles. The molecule has 4 nitrogen and oxygen atoms in total. The van der Waals surface area contributed by atoms with Crippen LogP contribution in [0.2, 0.25) is 0 Å². The number of rotatable bonds is 17. The van der Waals surface area contributed by atoms with Crippen LogP contribution in [0.25, 0.3) is 0 Å². The van der Waals surface area contributed by atoms with Crippen LogP contribution in [0.15, 0.2) is 24.3 Å². The van der Waals surface area contributed by atoms with Gasteiger partial charge in [0.05, 0.1) is 5.75 Å². The highest BCUT2D eigenvalue weighted by Crippen LogP contribution is 2.21. The molecule has 0 radical (unpaired) electrons. The molecule has 0 aliphatic heterocycles. The summed E-state index contributed by atoms with van der Waals surface area (Å²) in [5.41, 5.74) is 2.57. The topological polar surface area (TPSA) is 57.6 Å². The van der Waals surface area contributed by atoms with E-state index in [0.717, 1.165) is 19.5 Å². The Morgan fingerprint density at radius 3 is 1.97 bits per heavy atom. The lowest BCUT2D eigenvalue weighted by molar-refractivity contribution is 0.270. The molecule has 1 aromatic rings. The summed E-state index contributed by atoms with van der Waals surface area (Å²) in [6.07, 6.45) is 12.9. The zero-order valence-electron chi connectivity index (χ0n) is 18.9. The van der Waals surface area contributed by atoms with E-state index >= 15 is 0 Å². The SMILES string of the molecule is CCCCCCCCCCCCN(CCS(=O)(=O)O)Cc1ccccc1C(C)C. The molecule has 5 heteroatoms. The van der Waals surface area contributed by atoms with E-state index in [-0.39, 0.29) is 5.75 Å². The van der Waals surface area contributed by atoms with Crippen molar-refractivity contribution in [1.82, 2.24) is 4.90 Å². The number of hydrogen-bond acceptors (Lipinski definition) is 3. The molecule has 0 saturated carbocycles. The van der Waals surface area contributed by atoms with Crippen LogP contribution in [0.3, 0.4) is 0 Å². The van der Waals surface area contributed by atoms with Crippen molar-refractivity contribution >= 4 is 10.1 Å². The van der Waals surface area contributed by atoms with Crippen molar-refractivity contribution in [3.8, 4) is 0 Å². The average molecular weight is 426 g/mol. The molecule has 0 atom stereocenters. The fourth-order valence-corrected chi connectivity index (χ4v) is 4.31. The smallest absolute Gasteiger partial charge is 0.266 e. The number of unbranched alkanes of at least 4 members (excludes halogenated alkanes) is 9. The van der Waals surface area contributed by atoms with Crippen LogP contribution in [0, 0.1) is 0 Å². The van der Waals surface area contributed by atoms with Gasteiger partial charge in [0.25, 0.3) is 10.1 Å². The van der Waals surface area contributed by atoms with Gasteiger partial charge in [0, 0.05) is 13.1 Å². The molecule has 0 aromatic heterocycles. The summed E-state index contributed by atoms with van der Waals surface area (Å²) in [4.78, 5) is 2.18. The number of benzene rings is 1. The Morgan fingerprint density at radius 2 is 1.41 bits per heavy atom. The van der Waals surface area contributed by atoms with Gasteiger partial charge in [-0.3, -0.25) is 9.45 Å². The van der Waals surface area contributed by atoms with Crippen molar-refractivity contribution in [3.05, 3.63) is 35.4 Å². The highest BCUT2D eigenvalue weighted by atomic mass is 32.2. The minimum absolute atomic E-state index is 0.200. The molecule has 1 rings (SSSR count). The Kier molecular flexibility index (Phi) is 13.5. The predicted octanol–water partition coefficient (Wildman–Crippen LogP) is 6.42. The van der Waals surface area contributed by atoms with Gasteiger partial charge >= 0.3 is 0 Å². The summed E-state index contributed by atoms with van der Waals surface area (Å²) in [6.45, 7) is 8.61.